The normalized spacial score (nSPS) is 20.7. The second-order valence-corrected chi connectivity index (χ2v) is 8.61. The number of carbonyl (C=O) groups is 2. The minimum atomic E-state index is -0.343. The summed E-state index contributed by atoms with van der Waals surface area (Å²) in [5.74, 6) is -0.197. The number of hydrogen-bond donors (Lipinski definition) is 0. The van der Waals surface area contributed by atoms with Crippen molar-refractivity contribution in [3.63, 3.8) is 0 Å². The standard InChI is InChI=1S/C26H30FN3O4/c1-3-34-26(32)20-7-5-13-29(16-20)17-25(31)30-24(18-9-11-22(33-2)12-10-18)15-23(28-30)19-6-4-8-21(27)14-19/h4,6,8-12,14,20,24H,3,5,7,13,15-17H2,1-2H3. The van der Waals surface area contributed by atoms with Crippen LogP contribution >= 0.6 is 0 Å². The number of piperidine rings is 1. The molecule has 180 valence electrons. The predicted molar refractivity (Wildman–Crippen MR) is 126 cm³/mol. The Morgan fingerprint density at radius 2 is 1.97 bits per heavy atom. The van der Waals surface area contributed by atoms with Crippen molar-refractivity contribution in [3.8, 4) is 5.75 Å². The molecule has 2 aliphatic heterocycles. The zero-order chi connectivity index (χ0) is 24.1. The van der Waals surface area contributed by atoms with Crippen LogP contribution in [0.5, 0.6) is 5.75 Å². The van der Waals surface area contributed by atoms with Gasteiger partial charge in [0.15, 0.2) is 0 Å². The zero-order valence-corrected chi connectivity index (χ0v) is 19.6. The molecule has 1 saturated heterocycles. The lowest BCUT2D eigenvalue weighted by molar-refractivity contribution is -0.150. The van der Waals surface area contributed by atoms with Crippen LogP contribution in [0.25, 0.3) is 0 Å². The number of ether oxygens (including phenoxy) is 2. The van der Waals surface area contributed by atoms with Gasteiger partial charge in [0.2, 0.25) is 0 Å². The number of hydrogen-bond acceptors (Lipinski definition) is 6. The van der Waals surface area contributed by atoms with E-state index in [4.69, 9.17) is 9.47 Å². The van der Waals surface area contributed by atoms with Crippen LogP contribution in [0.15, 0.2) is 53.6 Å². The topological polar surface area (TPSA) is 71.4 Å². The van der Waals surface area contributed by atoms with Crippen LogP contribution < -0.4 is 4.74 Å². The molecule has 0 radical (unpaired) electrons. The van der Waals surface area contributed by atoms with Gasteiger partial charge in [-0.2, -0.15) is 5.10 Å². The zero-order valence-electron chi connectivity index (χ0n) is 19.6. The predicted octanol–water partition coefficient (Wildman–Crippen LogP) is 3.79. The maximum atomic E-state index is 13.9. The van der Waals surface area contributed by atoms with E-state index in [9.17, 15) is 14.0 Å². The summed E-state index contributed by atoms with van der Waals surface area (Å²) >= 11 is 0. The third-order valence-corrected chi connectivity index (χ3v) is 6.31. The Hall–Kier alpha value is -3.26. The molecule has 0 spiro atoms. The molecule has 2 atom stereocenters. The maximum absolute atomic E-state index is 13.9. The summed E-state index contributed by atoms with van der Waals surface area (Å²) in [4.78, 5) is 27.6. The molecule has 2 heterocycles. The average Bonchev–Trinajstić information content (AvgIpc) is 3.30. The molecule has 2 aromatic carbocycles. The fourth-order valence-electron chi connectivity index (χ4n) is 4.58. The molecule has 0 N–H and O–H groups in total. The summed E-state index contributed by atoms with van der Waals surface area (Å²) in [7, 11) is 1.60. The number of amides is 1. The number of halogens is 1. The van der Waals surface area contributed by atoms with Gasteiger partial charge in [0.05, 0.1) is 37.9 Å². The summed E-state index contributed by atoms with van der Waals surface area (Å²) in [5, 5.41) is 6.14. The summed E-state index contributed by atoms with van der Waals surface area (Å²) in [6.07, 6.45) is 2.08. The molecule has 0 aliphatic carbocycles. The number of nitrogens with zero attached hydrogens (tertiary/aromatic N) is 3. The molecule has 2 aromatic rings. The monoisotopic (exact) mass is 467 g/mol. The van der Waals surface area contributed by atoms with Crippen molar-refractivity contribution in [3.05, 3.63) is 65.5 Å². The first-order valence-electron chi connectivity index (χ1n) is 11.7. The van der Waals surface area contributed by atoms with Crippen molar-refractivity contribution in [2.24, 2.45) is 11.0 Å². The van der Waals surface area contributed by atoms with Crippen LogP contribution in [0.1, 0.15) is 43.4 Å². The van der Waals surface area contributed by atoms with E-state index in [0.717, 1.165) is 30.7 Å². The van der Waals surface area contributed by atoms with Gasteiger partial charge >= 0.3 is 5.97 Å². The number of methoxy groups -OCH3 is 1. The molecular weight excluding hydrogens is 437 g/mol. The Balaban J connectivity index is 1.54. The second-order valence-electron chi connectivity index (χ2n) is 8.61. The largest absolute Gasteiger partial charge is 0.497 e. The Bertz CT molecular complexity index is 1060. The Labute approximate surface area is 199 Å². The molecule has 34 heavy (non-hydrogen) atoms. The van der Waals surface area contributed by atoms with Gasteiger partial charge in [0.25, 0.3) is 5.91 Å². The van der Waals surface area contributed by atoms with E-state index in [1.165, 1.54) is 17.1 Å². The fourth-order valence-corrected chi connectivity index (χ4v) is 4.58. The smallest absolute Gasteiger partial charge is 0.310 e. The van der Waals surface area contributed by atoms with Crippen molar-refractivity contribution in [2.45, 2.75) is 32.2 Å². The van der Waals surface area contributed by atoms with E-state index in [-0.39, 0.29) is 36.2 Å². The lowest BCUT2D eigenvalue weighted by Crippen LogP contribution is -2.44. The van der Waals surface area contributed by atoms with E-state index >= 15 is 0 Å². The average molecular weight is 468 g/mol. The molecule has 0 bridgehead atoms. The van der Waals surface area contributed by atoms with E-state index in [1.54, 1.807) is 26.2 Å². The maximum Gasteiger partial charge on any atom is 0.310 e. The lowest BCUT2D eigenvalue weighted by atomic mass is 9.97. The molecule has 0 saturated carbocycles. The van der Waals surface area contributed by atoms with Gasteiger partial charge in [0.1, 0.15) is 11.6 Å². The van der Waals surface area contributed by atoms with Gasteiger partial charge in [0, 0.05) is 18.5 Å². The van der Waals surface area contributed by atoms with Crippen molar-refractivity contribution in [1.82, 2.24) is 9.91 Å². The van der Waals surface area contributed by atoms with Crippen molar-refractivity contribution < 1.29 is 23.5 Å². The summed E-state index contributed by atoms with van der Waals surface area (Å²) in [5.41, 5.74) is 2.25. The minimum absolute atomic E-state index is 0.155. The van der Waals surface area contributed by atoms with Crippen LogP contribution in [0.3, 0.4) is 0 Å². The van der Waals surface area contributed by atoms with Crippen LogP contribution in [0.2, 0.25) is 0 Å². The van der Waals surface area contributed by atoms with Gasteiger partial charge in [-0.15, -0.1) is 0 Å². The van der Waals surface area contributed by atoms with Crippen molar-refractivity contribution in [1.29, 1.82) is 0 Å². The molecule has 4 rings (SSSR count). The van der Waals surface area contributed by atoms with Crippen molar-refractivity contribution >= 4 is 17.6 Å². The van der Waals surface area contributed by atoms with Crippen LogP contribution in [-0.4, -0.2) is 60.8 Å². The first-order valence-corrected chi connectivity index (χ1v) is 11.7. The quantitative estimate of drug-likeness (QED) is 0.580. The van der Waals surface area contributed by atoms with Gasteiger partial charge in [-0.25, -0.2) is 9.40 Å². The van der Waals surface area contributed by atoms with Gasteiger partial charge in [-0.05, 0) is 56.1 Å². The van der Waals surface area contributed by atoms with Gasteiger partial charge < -0.3 is 9.47 Å². The highest BCUT2D eigenvalue weighted by atomic mass is 19.1. The van der Waals surface area contributed by atoms with E-state index < -0.39 is 0 Å². The molecular formula is C26H30FN3O4. The van der Waals surface area contributed by atoms with E-state index in [1.807, 2.05) is 29.2 Å². The number of likely N-dealkylation sites (tertiary alicyclic amines) is 1. The number of benzene rings is 2. The Morgan fingerprint density at radius 1 is 1.18 bits per heavy atom. The van der Waals surface area contributed by atoms with Crippen LogP contribution in [-0.2, 0) is 14.3 Å². The molecule has 0 aromatic heterocycles. The highest BCUT2D eigenvalue weighted by Crippen LogP contribution is 2.34. The number of esters is 1. The van der Waals surface area contributed by atoms with Crippen LogP contribution in [0.4, 0.5) is 4.39 Å². The molecule has 1 amide bonds. The Morgan fingerprint density at radius 3 is 2.68 bits per heavy atom. The molecule has 2 aliphatic rings. The number of carbonyl (C=O) groups excluding carboxylic acids is 2. The highest BCUT2D eigenvalue weighted by molar-refractivity contribution is 6.03. The third-order valence-electron chi connectivity index (χ3n) is 6.31. The Kier molecular flexibility index (Phi) is 7.57. The number of rotatable bonds is 7. The SMILES string of the molecule is CCOC(=O)C1CCCN(CC(=O)N2N=C(c3cccc(F)c3)CC2c2ccc(OC)cc2)C1. The highest BCUT2D eigenvalue weighted by Gasteiger charge is 2.35. The summed E-state index contributed by atoms with van der Waals surface area (Å²) < 4.78 is 24.3. The first kappa shape index (κ1) is 23.9. The third kappa shape index (κ3) is 5.44. The molecule has 8 heteroatoms. The van der Waals surface area contributed by atoms with E-state index in [2.05, 4.69) is 5.10 Å². The van der Waals surface area contributed by atoms with Crippen LogP contribution in [0, 0.1) is 11.7 Å². The second kappa shape index (κ2) is 10.8. The lowest BCUT2D eigenvalue weighted by Gasteiger charge is -2.32. The molecule has 7 nitrogen and oxygen atoms in total. The van der Waals surface area contributed by atoms with Gasteiger partial charge in [-0.1, -0.05) is 24.3 Å². The van der Waals surface area contributed by atoms with Crippen molar-refractivity contribution in [2.75, 3.05) is 33.4 Å². The first-order chi connectivity index (χ1) is 16.5. The fraction of sp³-hybridized carbons (Fsp3) is 0.423. The van der Waals surface area contributed by atoms with E-state index in [0.29, 0.717) is 30.8 Å². The summed E-state index contributed by atoms with van der Waals surface area (Å²) in [6.45, 7) is 3.53. The number of hydrazone groups is 1. The minimum Gasteiger partial charge on any atom is -0.497 e. The molecule has 2 unspecified atom stereocenters. The van der Waals surface area contributed by atoms with Gasteiger partial charge in [-0.3, -0.25) is 14.5 Å². The molecule has 1 fully saturated rings. The summed E-state index contributed by atoms with van der Waals surface area (Å²) in [6, 6.07) is 13.5.